The van der Waals surface area contributed by atoms with Crippen molar-refractivity contribution in [3.8, 4) is 17.2 Å². The van der Waals surface area contributed by atoms with Gasteiger partial charge in [-0.25, -0.2) is 0 Å². The number of nitrogens with one attached hydrogen (secondary N) is 2. The van der Waals surface area contributed by atoms with E-state index < -0.39 is 4.92 Å². The van der Waals surface area contributed by atoms with Gasteiger partial charge < -0.3 is 19.8 Å². The molecule has 0 aliphatic carbocycles. The first-order valence-electron chi connectivity index (χ1n) is 9.03. The number of para-hydroxylation sites is 2. The number of amides is 1. The first kappa shape index (κ1) is 19.0. The molecule has 4 rings (SSSR count). The molecule has 1 aromatic heterocycles. The smallest absolute Gasteiger partial charge is 0.270 e. The number of nitrogens with zero attached hydrogens (tertiary/aromatic N) is 1. The Kier molecular flexibility index (Phi) is 5.04. The Balaban J connectivity index is 1.51. The lowest BCUT2D eigenvalue weighted by atomic mass is 10.1. The fraction of sp³-hybridized carbons (Fsp3) is 0.0455. The van der Waals surface area contributed by atoms with E-state index in [-0.39, 0.29) is 11.6 Å². The number of carbonyl (C=O) groups is 1. The largest absolute Gasteiger partial charge is 0.493 e. The number of aromatic nitrogens is 1. The van der Waals surface area contributed by atoms with Crippen molar-refractivity contribution >= 4 is 28.2 Å². The maximum absolute atomic E-state index is 12.7. The molecule has 0 aliphatic rings. The molecule has 0 fully saturated rings. The molecule has 0 saturated heterocycles. The van der Waals surface area contributed by atoms with E-state index in [1.165, 1.54) is 18.3 Å². The zero-order chi connectivity index (χ0) is 21.1. The first-order chi connectivity index (χ1) is 14.5. The summed E-state index contributed by atoms with van der Waals surface area (Å²) >= 11 is 0. The molecule has 0 radical (unpaired) electrons. The molecular formula is C22H17N3O5. The molecule has 30 heavy (non-hydrogen) atoms. The number of nitro groups is 1. The standard InChI is InChI=1S/C22H17N3O5/c1-29-20-4-2-3-5-21(20)30-16-9-6-14(7-10-16)24-22(26)18-13-23-19-11-8-15(25(27)28)12-17(18)19/h2-13,23H,1H3,(H,24,26). The highest BCUT2D eigenvalue weighted by Crippen LogP contribution is 2.31. The third-order valence-electron chi connectivity index (χ3n) is 4.53. The van der Waals surface area contributed by atoms with Crippen LogP contribution in [0.5, 0.6) is 17.2 Å². The highest BCUT2D eigenvalue weighted by Gasteiger charge is 2.16. The molecule has 0 bridgehead atoms. The van der Waals surface area contributed by atoms with Gasteiger partial charge in [0.1, 0.15) is 5.75 Å². The Morgan fingerprint density at radius 2 is 1.77 bits per heavy atom. The molecule has 0 atom stereocenters. The summed E-state index contributed by atoms with van der Waals surface area (Å²) in [6.45, 7) is 0. The quantitative estimate of drug-likeness (QED) is 0.343. The molecule has 150 valence electrons. The molecule has 2 N–H and O–H groups in total. The van der Waals surface area contributed by atoms with E-state index in [0.717, 1.165) is 0 Å². The van der Waals surface area contributed by atoms with Crippen molar-refractivity contribution in [3.63, 3.8) is 0 Å². The van der Waals surface area contributed by atoms with Gasteiger partial charge in [0.2, 0.25) is 0 Å². The molecule has 8 heteroatoms. The number of aromatic amines is 1. The van der Waals surface area contributed by atoms with Crippen LogP contribution in [0.3, 0.4) is 0 Å². The van der Waals surface area contributed by atoms with Gasteiger partial charge >= 0.3 is 0 Å². The van der Waals surface area contributed by atoms with E-state index in [0.29, 0.717) is 39.4 Å². The van der Waals surface area contributed by atoms with Crippen LogP contribution < -0.4 is 14.8 Å². The second-order valence-electron chi connectivity index (χ2n) is 6.42. The van der Waals surface area contributed by atoms with E-state index in [9.17, 15) is 14.9 Å². The fourth-order valence-electron chi connectivity index (χ4n) is 3.04. The summed E-state index contributed by atoms with van der Waals surface area (Å²) in [5.74, 6) is 1.40. The number of non-ortho nitro benzene ring substituents is 1. The minimum Gasteiger partial charge on any atom is -0.493 e. The number of hydrogen-bond donors (Lipinski definition) is 2. The van der Waals surface area contributed by atoms with Gasteiger partial charge in [-0.05, 0) is 42.5 Å². The third kappa shape index (κ3) is 3.79. The monoisotopic (exact) mass is 403 g/mol. The van der Waals surface area contributed by atoms with E-state index in [1.54, 1.807) is 49.6 Å². The van der Waals surface area contributed by atoms with Gasteiger partial charge in [0.15, 0.2) is 11.5 Å². The highest BCUT2D eigenvalue weighted by molar-refractivity contribution is 6.13. The summed E-state index contributed by atoms with van der Waals surface area (Å²) in [6, 6.07) is 18.5. The Hall–Kier alpha value is -4.33. The van der Waals surface area contributed by atoms with Gasteiger partial charge in [0.25, 0.3) is 11.6 Å². The molecule has 0 saturated carbocycles. The minimum atomic E-state index is -0.491. The number of H-pyrrole nitrogens is 1. The number of rotatable bonds is 6. The second-order valence-corrected chi connectivity index (χ2v) is 6.42. The second kappa shape index (κ2) is 7.96. The van der Waals surface area contributed by atoms with Crippen LogP contribution in [0, 0.1) is 10.1 Å². The number of fused-ring (bicyclic) bond motifs is 1. The third-order valence-corrected chi connectivity index (χ3v) is 4.53. The van der Waals surface area contributed by atoms with Crippen LogP contribution in [0.15, 0.2) is 72.9 Å². The summed E-state index contributed by atoms with van der Waals surface area (Å²) in [5.41, 5.74) is 1.45. The van der Waals surface area contributed by atoms with E-state index in [2.05, 4.69) is 10.3 Å². The van der Waals surface area contributed by atoms with Gasteiger partial charge in [0, 0.05) is 34.9 Å². The van der Waals surface area contributed by atoms with Gasteiger partial charge in [-0.15, -0.1) is 0 Å². The Morgan fingerprint density at radius 1 is 1.03 bits per heavy atom. The Morgan fingerprint density at radius 3 is 2.47 bits per heavy atom. The topological polar surface area (TPSA) is 106 Å². The lowest BCUT2D eigenvalue weighted by Gasteiger charge is -2.10. The molecule has 3 aromatic carbocycles. The first-order valence-corrected chi connectivity index (χ1v) is 9.03. The normalized spacial score (nSPS) is 10.6. The number of benzene rings is 3. The molecule has 8 nitrogen and oxygen atoms in total. The number of methoxy groups -OCH3 is 1. The van der Waals surface area contributed by atoms with Gasteiger partial charge in [-0.3, -0.25) is 14.9 Å². The van der Waals surface area contributed by atoms with Gasteiger partial charge in [-0.2, -0.15) is 0 Å². The van der Waals surface area contributed by atoms with Crippen LogP contribution in [-0.4, -0.2) is 22.9 Å². The predicted molar refractivity (Wildman–Crippen MR) is 112 cm³/mol. The molecule has 1 heterocycles. The summed E-state index contributed by atoms with van der Waals surface area (Å²) in [6.07, 6.45) is 1.53. The zero-order valence-corrected chi connectivity index (χ0v) is 15.9. The van der Waals surface area contributed by atoms with Crippen LogP contribution in [0.2, 0.25) is 0 Å². The number of ether oxygens (including phenoxy) is 2. The number of hydrogen-bond acceptors (Lipinski definition) is 5. The number of carbonyl (C=O) groups excluding carboxylic acids is 1. The van der Waals surface area contributed by atoms with Crippen molar-refractivity contribution in [2.24, 2.45) is 0 Å². The predicted octanol–water partition coefficient (Wildman–Crippen LogP) is 5.13. The van der Waals surface area contributed by atoms with Crippen LogP contribution in [-0.2, 0) is 0 Å². The van der Waals surface area contributed by atoms with Crippen LogP contribution in [0.25, 0.3) is 10.9 Å². The Bertz CT molecular complexity index is 1230. The van der Waals surface area contributed by atoms with E-state index in [4.69, 9.17) is 9.47 Å². The average Bonchev–Trinajstić information content (AvgIpc) is 3.19. The maximum Gasteiger partial charge on any atom is 0.270 e. The zero-order valence-electron chi connectivity index (χ0n) is 15.9. The molecule has 1 amide bonds. The van der Waals surface area contributed by atoms with Crippen LogP contribution in [0.1, 0.15) is 10.4 Å². The average molecular weight is 403 g/mol. The van der Waals surface area contributed by atoms with Crippen molar-refractivity contribution in [2.45, 2.75) is 0 Å². The summed E-state index contributed by atoms with van der Waals surface area (Å²) < 4.78 is 11.1. The van der Waals surface area contributed by atoms with Crippen molar-refractivity contribution in [1.29, 1.82) is 0 Å². The minimum absolute atomic E-state index is 0.0750. The molecular weight excluding hydrogens is 386 g/mol. The van der Waals surface area contributed by atoms with Crippen LogP contribution >= 0.6 is 0 Å². The SMILES string of the molecule is COc1ccccc1Oc1ccc(NC(=O)c2c[nH]c3ccc([N+](=O)[O-])cc23)cc1. The van der Waals surface area contributed by atoms with E-state index in [1.807, 2.05) is 12.1 Å². The lowest BCUT2D eigenvalue weighted by molar-refractivity contribution is -0.384. The lowest BCUT2D eigenvalue weighted by Crippen LogP contribution is -2.11. The van der Waals surface area contributed by atoms with Crippen molar-refractivity contribution in [2.75, 3.05) is 12.4 Å². The fourth-order valence-corrected chi connectivity index (χ4v) is 3.04. The molecule has 0 unspecified atom stereocenters. The van der Waals surface area contributed by atoms with Crippen molar-refractivity contribution in [3.05, 3.63) is 88.6 Å². The number of anilines is 1. The van der Waals surface area contributed by atoms with Crippen molar-refractivity contribution < 1.29 is 19.2 Å². The molecule has 0 aliphatic heterocycles. The maximum atomic E-state index is 12.7. The molecule has 0 spiro atoms. The molecule has 4 aromatic rings. The summed E-state index contributed by atoms with van der Waals surface area (Å²) in [5, 5.41) is 14.3. The van der Waals surface area contributed by atoms with Gasteiger partial charge in [0.05, 0.1) is 17.6 Å². The van der Waals surface area contributed by atoms with Crippen LogP contribution in [0.4, 0.5) is 11.4 Å². The van der Waals surface area contributed by atoms with E-state index >= 15 is 0 Å². The summed E-state index contributed by atoms with van der Waals surface area (Å²) in [7, 11) is 1.57. The van der Waals surface area contributed by atoms with Crippen molar-refractivity contribution in [1.82, 2.24) is 4.98 Å². The summed E-state index contributed by atoms with van der Waals surface area (Å²) in [4.78, 5) is 26.2. The Labute approximate surface area is 171 Å². The highest BCUT2D eigenvalue weighted by atomic mass is 16.6. The van der Waals surface area contributed by atoms with Gasteiger partial charge in [-0.1, -0.05) is 12.1 Å². The number of nitro benzene ring substituents is 1.